The molecule has 42 heavy (non-hydrogen) atoms. The van der Waals surface area contributed by atoms with Gasteiger partial charge in [-0.15, -0.1) is 10.2 Å². The second-order valence-electron chi connectivity index (χ2n) is 9.21. The highest BCUT2D eigenvalue weighted by atomic mass is 35.5. The van der Waals surface area contributed by atoms with E-state index >= 15 is 0 Å². The molecule has 0 spiro atoms. The van der Waals surface area contributed by atoms with Gasteiger partial charge in [-0.2, -0.15) is 26.3 Å². The van der Waals surface area contributed by atoms with Gasteiger partial charge in [-0.3, -0.25) is 9.36 Å². The predicted molar refractivity (Wildman–Crippen MR) is 139 cm³/mol. The molecule has 0 aliphatic carbocycles. The zero-order valence-electron chi connectivity index (χ0n) is 21.4. The molecule has 9 nitrogen and oxygen atoms in total. The van der Waals surface area contributed by atoms with Gasteiger partial charge in [0.15, 0.2) is 17.8 Å². The number of hydrogen-bond donors (Lipinski definition) is 1. The summed E-state index contributed by atoms with van der Waals surface area (Å²) in [4.78, 5) is 29.1. The van der Waals surface area contributed by atoms with Gasteiger partial charge in [0.25, 0.3) is 0 Å². The Bertz CT molecular complexity index is 1650. The topological polar surface area (TPSA) is 108 Å². The predicted octanol–water partition coefficient (Wildman–Crippen LogP) is 5.20. The SMILES string of the molecule is CC(CC(=O)C(F)(F)F)c1nc(Cn2nc(-c3ccc(Cl)cc3)n(C[C@H](O)C(F)(F)F)c2=O)nn1-c1ccccc1Cl. The van der Waals surface area contributed by atoms with Gasteiger partial charge in [0.05, 0.1) is 17.3 Å². The van der Waals surface area contributed by atoms with Gasteiger partial charge in [0.1, 0.15) is 12.4 Å². The van der Waals surface area contributed by atoms with E-state index in [1.807, 2.05) is 0 Å². The third-order valence-electron chi connectivity index (χ3n) is 6.05. The first-order valence-electron chi connectivity index (χ1n) is 12.1. The van der Waals surface area contributed by atoms with Crippen LogP contribution in [0.25, 0.3) is 17.1 Å². The lowest BCUT2D eigenvalue weighted by Crippen LogP contribution is -2.37. The number of alkyl halides is 6. The highest BCUT2D eigenvalue weighted by Crippen LogP contribution is 2.29. The Hall–Kier alpha value is -3.69. The van der Waals surface area contributed by atoms with Crippen LogP contribution in [-0.4, -0.2) is 58.5 Å². The lowest BCUT2D eigenvalue weighted by Gasteiger charge is -2.15. The standard InChI is InChI=1S/C25H20Cl2F6N6O3/c1-13(10-18(40)24(28,29)30)21-34-20(35-39(21)17-5-3-2-4-16(17)27)12-38-23(42)37(11-19(41)25(31,32)33)22(36-38)14-6-8-15(26)9-7-14/h2-9,13,19,41H,10-12H2,1H3/t13?,19-/m0/s1. The number of aromatic nitrogens is 6. The molecule has 4 rings (SSSR count). The summed E-state index contributed by atoms with van der Waals surface area (Å²) >= 11 is 12.2. The molecule has 17 heteroatoms. The van der Waals surface area contributed by atoms with Gasteiger partial charge in [-0.05, 0) is 36.4 Å². The molecule has 2 aromatic carbocycles. The van der Waals surface area contributed by atoms with Crippen LogP contribution in [0.1, 0.15) is 30.9 Å². The smallest absolute Gasteiger partial charge is 0.382 e. The molecule has 0 saturated heterocycles. The number of ketones is 1. The number of carbonyl (C=O) groups excluding carboxylic acids is 1. The minimum absolute atomic E-state index is 0.0893. The molecule has 0 aliphatic rings. The molecule has 1 N–H and O–H groups in total. The van der Waals surface area contributed by atoms with Crippen LogP contribution in [-0.2, 0) is 17.9 Å². The normalized spacial score (nSPS) is 13.8. The molecule has 0 fully saturated rings. The van der Waals surface area contributed by atoms with Crippen molar-refractivity contribution in [3.63, 3.8) is 0 Å². The fraction of sp³-hybridized carbons (Fsp3) is 0.320. The summed E-state index contributed by atoms with van der Waals surface area (Å²) < 4.78 is 80.8. The Balaban J connectivity index is 1.78. The van der Waals surface area contributed by atoms with Crippen molar-refractivity contribution in [2.75, 3.05) is 0 Å². The van der Waals surface area contributed by atoms with Crippen molar-refractivity contribution >= 4 is 29.0 Å². The third-order valence-corrected chi connectivity index (χ3v) is 6.63. The first-order chi connectivity index (χ1) is 19.6. The molecular formula is C25H20Cl2F6N6O3. The van der Waals surface area contributed by atoms with Crippen molar-refractivity contribution < 1.29 is 36.2 Å². The summed E-state index contributed by atoms with van der Waals surface area (Å²) in [7, 11) is 0. The summed E-state index contributed by atoms with van der Waals surface area (Å²) in [6.07, 6.45) is -14.0. The van der Waals surface area contributed by atoms with Crippen molar-refractivity contribution in [3.8, 4) is 17.1 Å². The molecular weight excluding hydrogens is 617 g/mol. The van der Waals surface area contributed by atoms with E-state index in [0.29, 0.717) is 9.59 Å². The van der Waals surface area contributed by atoms with Crippen LogP contribution in [0.15, 0.2) is 53.3 Å². The van der Waals surface area contributed by atoms with Crippen molar-refractivity contribution in [3.05, 3.63) is 80.7 Å². The van der Waals surface area contributed by atoms with Crippen LogP contribution < -0.4 is 5.69 Å². The number of para-hydroxylation sites is 1. The number of aliphatic hydroxyl groups is 1. The van der Waals surface area contributed by atoms with Crippen LogP contribution in [0.4, 0.5) is 26.3 Å². The minimum Gasteiger partial charge on any atom is -0.382 e. The first kappa shape index (κ1) is 31.3. The number of carbonyl (C=O) groups is 1. The molecule has 2 atom stereocenters. The first-order valence-corrected chi connectivity index (χ1v) is 12.8. The number of benzene rings is 2. The van der Waals surface area contributed by atoms with Crippen molar-refractivity contribution in [1.29, 1.82) is 0 Å². The highest BCUT2D eigenvalue weighted by Gasteiger charge is 2.40. The Morgan fingerprint density at radius 1 is 1.00 bits per heavy atom. The van der Waals surface area contributed by atoms with E-state index in [1.165, 1.54) is 43.3 Å². The number of hydrogen-bond acceptors (Lipinski definition) is 6. The summed E-state index contributed by atoms with van der Waals surface area (Å²) in [5.41, 5.74) is -0.634. The van der Waals surface area contributed by atoms with Crippen LogP contribution >= 0.6 is 23.2 Å². The van der Waals surface area contributed by atoms with Gasteiger partial charge in [0, 0.05) is 22.9 Å². The van der Waals surface area contributed by atoms with Gasteiger partial charge in [-0.25, -0.2) is 19.1 Å². The molecule has 0 bridgehead atoms. The summed E-state index contributed by atoms with van der Waals surface area (Å²) in [6.45, 7) is -0.384. The van der Waals surface area contributed by atoms with Crippen molar-refractivity contribution in [2.24, 2.45) is 0 Å². The van der Waals surface area contributed by atoms with E-state index in [1.54, 1.807) is 12.1 Å². The lowest BCUT2D eigenvalue weighted by molar-refractivity contribution is -0.207. The molecule has 2 aromatic heterocycles. The van der Waals surface area contributed by atoms with Crippen molar-refractivity contribution in [2.45, 2.75) is 50.8 Å². The van der Waals surface area contributed by atoms with E-state index in [0.717, 1.165) is 9.36 Å². The van der Waals surface area contributed by atoms with Gasteiger partial charge in [0.2, 0.25) is 5.78 Å². The van der Waals surface area contributed by atoms with E-state index in [2.05, 4.69) is 15.2 Å². The van der Waals surface area contributed by atoms with E-state index in [4.69, 9.17) is 23.2 Å². The molecule has 0 radical (unpaired) electrons. The number of aliphatic hydroxyl groups excluding tert-OH is 1. The van der Waals surface area contributed by atoms with Gasteiger partial charge < -0.3 is 5.11 Å². The second kappa shape index (κ2) is 11.9. The average molecular weight is 637 g/mol. The highest BCUT2D eigenvalue weighted by molar-refractivity contribution is 6.32. The van der Waals surface area contributed by atoms with Gasteiger partial charge in [-0.1, -0.05) is 42.3 Å². The monoisotopic (exact) mass is 636 g/mol. The fourth-order valence-corrected chi connectivity index (χ4v) is 4.31. The molecule has 1 unspecified atom stereocenters. The Kier molecular flexibility index (Phi) is 8.85. The maximum absolute atomic E-state index is 13.2. The van der Waals surface area contributed by atoms with Crippen LogP contribution in [0.5, 0.6) is 0 Å². The lowest BCUT2D eigenvalue weighted by atomic mass is 10.0. The number of rotatable bonds is 9. The number of Topliss-reactive ketones (excluding diaryl/α,β-unsaturated/α-hetero) is 1. The number of nitrogens with zero attached hydrogens (tertiary/aromatic N) is 6. The third kappa shape index (κ3) is 6.85. The summed E-state index contributed by atoms with van der Waals surface area (Å²) in [6, 6.07) is 11.8. The van der Waals surface area contributed by atoms with Crippen molar-refractivity contribution in [1.82, 2.24) is 29.1 Å². The summed E-state index contributed by atoms with van der Waals surface area (Å²) in [5.74, 6) is -3.58. The summed E-state index contributed by atoms with van der Waals surface area (Å²) in [5, 5.41) is 18.5. The second-order valence-corrected chi connectivity index (χ2v) is 10.1. The minimum atomic E-state index is -5.08. The van der Waals surface area contributed by atoms with Crippen LogP contribution in [0, 0.1) is 0 Å². The molecule has 0 aliphatic heterocycles. The van der Waals surface area contributed by atoms with E-state index in [-0.39, 0.29) is 33.7 Å². The fourth-order valence-electron chi connectivity index (χ4n) is 3.97. The largest absolute Gasteiger partial charge is 0.449 e. The zero-order valence-corrected chi connectivity index (χ0v) is 22.9. The van der Waals surface area contributed by atoms with Crippen LogP contribution in [0.3, 0.4) is 0 Å². The maximum atomic E-state index is 13.2. The number of halogens is 8. The Morgan fingerprint density at radius 3 is 2.24 bits per heavy atom. The zero-order chi connectivity index (χ0) is 31.0. The molecule has 0 saturated carbocycles. The van der Waals surface area contributed by atoms with E-state index < -0.39 is 55.4 Å². The van der Waals surface area contributed by atoms with Crippen LogP contribution in [0.2, 0.25) is 10.0 Å². The molecule has 4 aromatic rings. The van der Waals surface area contributed by atoms with Gasteiger partial charge >= 0.3 is 18.0 Å². The quantitative estimate of drug-likeness (QED) is 0.253. The Labute approximate surface area is 242 Å². The molecule has 224 valence electrons. The Morgan fingerprint density at radius 2 is 1.64 bits per heavy atom. The average Bonchev–Trinajstić information content (AvgIpc) is 3.45. The molecule has 2 heterocycles. The molecule has 0 amide bonds. The van der Waals surface area contributed by atoms with E-state index in [9.17, 15) is 41.0 Å². The maximum Gasteiger partial charge on any atom is 0.449 e.